The first-order chi connectivity index (χ1) is 27.3. The molecule has 0 aliphatic carbocycles. The van der Waals surface area contributed by atoms with Crippen LogP contribution in [-0.2, 0) is 0 Å². The van der Waals surface area contributed by atoms with Gasteiger partial charge in [-0.25, -0.2) is 9.97 Å². The molecule has 0 atom stereocenters. The molecule has 0 amide bonds. The number of nitrogens with zero attached hydrogens (tertiary/aromatic N) is 4. The van der Waals surface area contributed by atoms with Crippen molar-refractivity contribution < 1.29 is 4.42 Å². The second-order valence-corrected chi connectivity index (χ2v) is 14.5. The van der Waals surface area contributed by atoms with Crippen molar-refractivity contribution in [3.63, 3.8) is 0 Å². The first kappa shape index (κ1) is 29.0. The van der Waals surface area contributed by atoms with E-state index in [9.17, 15) is 0 Å². The SMILES string of the molecule is c1ccc(-c2ccc(-c3nc(-n4c5ccc6ccccc6c5c5cc6c7ccccc7n7c8ccccc8c(c54)c67)nc4c3oc3ccccc34)cc2)cc1. The number of furan rings is 1. The molecule has 0 unspecified atom stereocenters. The Balaban J connectivity index is 1.22. The number of fused-ring (bicyclic) bond motifs is 15. The van der Waals surface area contributed by atoms with Gasteiger partial charge in [-0.05, 0) is 58.3 Å². The van der Waals surface area contributed by atoms with Gasteiger partial charge in [-0.2, -0.15) is 0 Å². The van der Waals surface area contributed by atoms with Crippen molar-refractivity contribution in [1.82, 2.24) is 18.9 Å². The van der Waals surface area contributed by atoms with Gasteiger partial charge in [-0.3, -0.25) is 4.57 Å². The topological polar surface area (TPSA) is 48.3 Å². The number of para-hydroxylation sites is 3. The van der Waals surface area contributed by atoms with Crippen molar-refractivity contribution in [2.24, 2.45) is 0 Å². The lowest BCUT2D eigenvalue weighted by atomic mass is 10.0. The Kier molecular flexibility index (Phi) is 5.57. The predicted molar refractivity (Wildman–Crippen MR) is 227 cm³/mol. The molecule has 0 spiro atoms. The van der Waals surface area contributed by atoms with Crippen LogP contribution in [0, 0.1) is 0 Å². The highest BCUT2D eigenvalue weighted by Crippen LogP contribution is 2.48. The van der Waals surface area contributed by atoms with E-state index in [1.165, 1.54) is 65.2 Å². The van der Waals surface area contributed by atoms with Gasteiger partial charge in [0.05, 0.1) is 27.6 Å². The van der Waals surface area contributed by atoms with Crippen molar-refractivity contribution in [2.45, 2.75) is 0 Å². The fraction of sp³-hybridized carbons (Fsp3) is 0. The lowest BCUT2D eigenvalue weighted by molar-refractivity contribution is 0.666. The van der Waals surface area contributed by atoms with E-state index in [-0.39, 0.29) is 0 Å². The highest BCUT2D eigenvalue weighted by molar-refractivity contribution is 6.36. The number of benzene rings is 8. The largest absolute Gasteiger partial charge is 0.452 e. The van der Waals surface area contributed by atoms with Crippen LogP contribution in [0.2, 0.25) is 0 Å². The maximum absolute atomic E-state index is 6.61. The van der Waals surface area contributed by atoms with Gasteiger partial charge in [0, 0.05) is 43.3 Å². The average Bonchev–Trinajstić information content (AvgIpc) is 3.99. The summed E-state index contributed by atoms with van der Waals surface area (Å²) in [6, 6.07) is 60.4. The van der Waals surface area contributed by atoms with Crippen LogP contribution < -0.4 is 0 Å². The van der Waals surface area contributed by atoms with E-state index in [1.807, 2.05) is 24.3 Å². The smallest absolute Gasteiger partial charge is 0.236 e. The maximum atomic E-state index is 6.61. The van der Waals surface area contributed by atoms with E-state index in [2.05, 4.69) is 155 Å². The van der Waals surface area contributed by atoms with E-state index in [0.717, 1.165) is 44.3 Å². The zero-order valence-electron chi connectivity index (χ0n) is 29.4. The zero-order chi connectivity index (χ0) is 35.8. The van der Waals surface area contributed by atoms with Crippen LogP contribution in [0.1, 0.15) is 0 Å². The minimum Gasteiger partial charge on any atom is -0.452 e. The Morgan fingerprint density at radius 3 is 1.91 bits per heavy atom. The van der Waals surface area contributed by atoms with Gasteiger partial charge in [-0.1, -0.05) is 133 Å². The van der Waals surface area contributed by atoms with E-state index in [4.69, 9.17) is 14.4 Å². The molecule has 5 heteroatoms. The Bertz CT molecular complexity index is 3700. The standard InChI is InChI=1S/C50H28N4O/c1-2-12-29(13-3-1)30-22-24-32(25-23-30)45-49-46(36-18-8-11-21-42(36)55-49)52-50(51-45)54-41-27-26-31-14-4-5-15-33(31)43(41)38-28-37-34-16-6-9-19-39(34)53-40-20-10-7-17-35(40)44(47(37)53)48(38)54/h1-28H. The van der Waals surface area contributed by atoms with E-state index >= 15 is 0 Å². The summed E-state index contributed by atoms with van der Waals surface area (Å²) in [5, 5.41) is 10.7. The summed E-state index contributed by atoms with van der Waals surface area (Å²) < 4.78 is 11.4. The van der Waals surface area contributed by atoms with Crippen LogP contribution >= 0.6 is 0 Å². The van der Waals surface area contributed by atoms with Crippen LogP contribution in [-0.4, -0.2) is 18.9 Å². The first-order valence-electron chi connectivity index (χ1n) is 18.7. The lowest BCUT2D eigenvalue weighted by Gasteiger charge is -2.11. The van der Waals surface area contributed by atoms with Crippen molar-refractivity contribution in [3.05, 3.63) is 170 Å². The van der Waals surface area contributed by atoms with E-state index in [0.29, 0.717) is 11.5 Å². The van der Waals surface area contributed by atoms with Crippen molar-refractivity contribution in [3.8, 4) is 28.3 Å². The van der Waals surface area contributed by atoms with Gasteiger partial charge in [0.1, 0.15) is 16.8 Å². The minimum atomic E-state index is 0.610. The van der Waals surface area contributed by atoms with Gasteiger partial charge < -0.3 is 8.82 Å². The monoisotopic (exact) mass is 700 g/mol. The number of hydrogen-bond acceptors (Lipinski definition) is 3. The molecule has 0 aliphatic heterocycles. The third kappa shape index (κ3) is 3.81. The van der Waals surface area contributed by atoms with Crippen LogP contribution in [0.3, 0.4) is 0 Å². The summed E-state index contributed by atoms with van der Waals surface area (Å²) in [5.41, 5.74) is 12.1. The summed E-state index contributed by atoms with van der Waals surface area (Å²) in [5.74, 6) is 0.610. The van der Waals surface area contributed by atoms with Crippen LogP contribution in [0.4, 0.5) is 0 Å². The molecule has 0 saturated heterocycles. The molecule has 254 valence electrons. The summed E-state index contributed by atoms with van der Waals surface area (Å²) in [6.45, 7) is 0. The molecule has 0 saturated carbocycles. The fourth-order valence-corrected chi connectivity index (χ4v) is 9.31. The van der Waals surface area contributed by atoms with Gasteiger partial charge in [0.2, 0.25) is 5.95 Å². The molecule has 13 aromatic rings. The predicted octanol–water partition coefficient (Wildman–Crippen LogP) is 13.1. The third-order valence-corrected chi connectivity index (χ3v) is 11.7. The van der Waals surface area contributed by atoms with Crippen LogP contribution in [0.15, 0.2) is 174 Å². The molecule has 55 heavy (non-hydrogen) atoms. The molecule has 0 N–H and O–H groups in total. The molecule has 0 bridgehead atoms. The van der Waals surface area contributed by atoms with Gasteiger partial charge in [-0.15, -0.1) is 0 Å². The third-order valence-electron chi connectivity index (χ3n) is 11.7. The molecule has 0 aliphatic rings. The number of rotatable bonds is 3. The second kappa shape index (κ2) is 10.6. The van der Waals surface area contributed by atoms with E-state index in [1.54, 1.807) is 0 Å². The summed E-state index contributed by atoms with van der Waals surface area (Å²) in [7, 11) is 0. The molecular formula is C50H28N4O. The highest BCUT2D eigenvalue weighted by atomic mass is 16.3. The molecule has 13 rings (SSSR count). The normalized spacial score (nSPS) is 12.4. The molecule has 5 aromatic heterocycles. The van der Waals surface area contributed by atoms with Gasteiger partial charge in [0.25, 0.3) is 0 Å². The molecule has 0 radical (unpaired) electrons. The fourth-order valence-electron chi connectivity index (χ4n) is 9.31. The highest BCUT2D eigenvalue weighted by Gasteiger charge is 2.27. The van der Waals surface area contributed by atoms with Crippen molar-refractivity contribution in [1.29, 1.82) is 0 Å². The summed E-state index contributed by atoms with van der Waals surface area (Å²) in [6.07, 6.45) is 0. The molecule has 0 fully saturated rings. The van der Waals surface area contributed by atoms with E-state index < -0.39 is 0 Å². The summed E-state index contributed by atoms with van der Waals surface area (Å²) >= 11 is 0. The van der Waals surface area contributed by atoms with Gasteiger partial charge >= 0.3 is 0 Å². The Hall–Kier alpha value is -7.50. The molecule has 5 heterocycles. The maximum Gasteiger partial charge on any atom is 0.236 e. The average molecular weight is 701 g/mol. The molecule has 5 nitrogen and oxygen atoms in total. The quantitative estimate of drug-likeness (QED) is 0.184. The molecule has 8 aromatic carbocycles. The van der Waals surface area contributed by atoms with Gasteiger partial charge in [0.15, 0.2) is 5.58 Å². The first-order valence-corrected chi connectivity index (χ1v) is 18.7. The van der Waals surface area contributed by atoms with Crippen LogP contribution in [0.25, 0.3) is 121 Å². The Labute approximate surface area is 313 Å². The minimum absolute atomic E-state index is 0.610. The Morgan fingerprint density at radius 1 is 0.418 bits per heavy atom. The van der Waals surface area contributed by atoms with Crippen molar-refractivity contribution in [2.75, 3.05) is 0 Å². The Morgan fingerprint density at radius 2 is 1.07 bits per heavy atom. The number of aromatic nitrogens is 4. The number of hydrogen-bond donors (Lipinski definition) is 0. The zero-order valence-corrected chi connectivity index (χ0v) is 29.4. The lowest BCUT2D eigenvalue weighted by Crippen LogP contribution is -2.03. The molecular weight excluding hydrogens is 673 g/mol. The summed E-state index contributed by atoms with van der Waals surface area (Å²) in [4.78, 5) is 11.0. The van der Waals surface area contributed by atoms with Crippen molar-refractivity contribution >= 4 is 92.7 Å². The van der Waals surface area contributed by atoms with Crippen LogP contribution in [0.5, 0.6) is 0 Å². The second-order valence-electron chi connectivity index (χ2n) is 14.5.